The summed E-state index contributed by atoms with van der Waals surface area (Å²) < 4.78 is 1.97. The highest BCUT2D eigenvalue weighted by molar-refractivity contribution is 5.78. The van der Waals surface area contributed by atoms with Crippen LogP contribution in [0.4, 0.5) is 5.69 Å². The molecule has 19 heavy (non-hydrogen) atoms. The molecule has 1 N–H and O–H groups in total. The number of nitrogens with one attached hydrogen (secondary N) is 1. The summed E-state index contributed by atoms with van der Waals surface area (Å²) in [5.74, 6) is 0. The Kier molecular flexibility index (Phi) is 3.40. The zero-order chi connectivity index (χ0) is 13.2. The maximum atomic E-state index is 4.57. The lowest BCUT2D eigenvalue weighted by Crippen LogP contribution is -2.22. The molecule has 2 aromatic rings. The number of hydrogen-bond donors (Lipinski definition) is 1. The van der Waals surface area contributed by atoms with Crippen molar-refractivity contribution < 1.29 is 0 Å². The van der Waals surface area contributed by atoms with Crippen molar-refractivity contribution >= 4 is 16.7 Å². The Morgan fingerprint density at radius 2 is 2.00 bits per heavy atom. The summed E-state index contributed by atoms with van der Waals surface area (Å²) in [5.41, 5.74) is 2.10. The number of rotatable bonds is 3. The Morgan fingerprint density at radius 3 is 2.74 bits per heavy atom. The zero-order valence-corrected chi connectivity index (χ0v) is 11.8. The highest BCUT2D eigenvalue weighted by Crippen LogP contribution is 2.23. The van der Waals surface area contributed by atoms with Gasteiger partial charge in [0.15, 0.2) is 5.65 Å². The van der Waals surface area contributed by atoms with Crippen molar-refractivity contribution in [2.45, 2.75) is 58.0 Å². The third kappa shape index (κ3) is 2.57. The fourth-order valence-corrected chi connectivity index (χ4v) is 2.88. The minimum Gasteiger partial charge on any atom is -0.381 e. The van der Waals surface area contributed by atoms with Gasteiger partial charge in [0.1, 0.15) is 0 Å². The second-order valence-electron chi connectivity index (χ2n) is 5.80. The number of anilines is 1. The number of pyridine rings is 1. The van der Waals surface area contributed by atoms with E-state index in [-0.39, 0.29) is 0 Å². The van der Waals surface area contributed by atoms with Crippen molar-refractivity contribution in [1.29, 1.82) is 0 Å². The number of nitrogens with zero attached hydrogens (tertiary/aromatic N) is 3. The smallest absolute Gasteiger partial charge is 0.158 e. The van der Waals surface area contributed by atoms with E-state index in [2.05, 4.69) is 35.3 Å². The van der Waals surface area contributed by atoms with E-state index >= 15 is 0 Å². The molecule has 1 aliphatic rings. The molecule has 0 bridgehead atoms. The Balaban J connectivity index is 1.81. The van der Waals surface area contributed by atoms with Crippen LogP contribution in [-0.4, -0.2) is 20.8 Å². The molecule has 0 aliphatic heterocycles. The average molecular weight is 258 g/mol. The first kappa shape index (κ1) is 12.5. The van der Waals surface area contributed by atoms with E-state index in [1.807, 2.05) is 17.1 Å². The lowest BCUT2D eigenvalue weighted by atomic mass is 9.95. The highest BCUT2D eigenvalue weighted by Gasteiger charge is 2.14. The fourth-order valence-electron chi connectivity index (χ4n) is 2.88. The molecule has 0 unspecified atom stereocenters. The van der Waals surface area contributed by atoms with Crippen molar-refractivity contribution in [3.63, 3.8) is 0 Å². The molecule has 0 atom stereocenters. The minimum atomic E-state index is 0.349. The first-order chi connectivity index (χ1) is 9.24. The van der Waals surface area contributed by atoms with E-state index in [9.17, 15) is 0 Å². The molecule has 4 nitrogen and oxygen atoms in total. The van der Waals surface area contributed by atoms with Crippen LogP contribution in [0.15, 0.2) is 18.5 Å². The summed E-state index contributed by atoms with van der Waals surface area (Å²) in [7, 11) is 0. The van der Waals surface area contributed by atoms with Gasteiger partial charge in [-0.3, -0.25) is 0 Å². The lowest BCUT2D eigenvalue weighted by Gasteiger charge is -2.23. The Bertz CT molecular complexity index is 552. The van der Waals surface area contributed by atoms with E-state index in [1.54, 1.807) is 0 Å². The summed E-state index contributed by atoms with van der Waals surface area (Å²) in [6.07, 6.45) is 10.5. The van der Waals surface area contributed by atoms with Crippen molar-refractivity contribution in [3.8, 4) is 0 Å². The van der Waals surface area contributed by atoms with Gasteiger partial charge in [-0.05, 0) is 32.8 Å². The molecule has 1 fully saturated rings. The van der Waals surface area contributed by atoms with E-state index in [0.717, 1.165) is 16.7 Å². The van der Waals surface area contributed by atoms with Crippen molar-refractivity contribution in [2.75, 3.05) is 5.32 Å². The van der Waals surface area contributed by atoms with E-state index in [0.29, 0.717) is 12.1 Å². The minimum absolute atomic E-state index is 0.349. The molecular formula is C15H22N4. The van der Waals surface area contributed by atoms with Gasteiger partial charge in [-0.2, -0.15) is 5.10 Å². The summed E-state index contributed by atoms with van der Waals surface area (Å²) in [5, 5.41) is 9.14. The predicted molar refractivity (Wildman–Crippen MR) is 78.4 cm³/mol. The van der Waals surface area contributed by atoms with Gasteiger partial charge >= 0.3 is 0 Å². The molecular weight excluding hydrogens is 236 g/mol. The quantitative estimate of drug-likeness (QED) is 0.911. The SMILES string of the molecule is CC(C)n1ncc2cc(NC3CCCCC3)cnc21. The normalized spacial score (nSPS) is 17.2. The standard InChI is InChI=1S/C15H22N4/c1-11(2)19-15-12(9-17-19)8-14(10-16-15)18-13-6-4-3-5-7-13/h8-11,13,18H,3-7H2,1-2H3. The van der Waals surface area contributed by atoms with Crippen LogP contribution in [-0.2, 0) is 0 Å². The summed E-state index contributed by atoms with van der Waals surface area (Å²) in [4.78, 5) is 4.57. The number of fused-ring (bicyclic) bond motifs is 1. The van der Waals surface area contributed by atoms with Crippen LogP contribution in [0.1, 0.15) is 52.0 Å². The maximum Gasteiger partial charge on any atom is 0.158 e. The van der Waals surface area contributed by atoms with Gasteiger partial charge in [0.05, 0.1) is 18.1 Å². The van der Waals surface area contributed by atoms with Gasteiger partial charge in [-0.25, -0.2) is 9.67 Å². The molecule has 3 rings (SSSR count). The third-order valence-corrected chi connectivity index (χ3v) is 3.90. The van der Waals surface area contributed by atoms with Crippen LogP contribution in [0.3, 0.4) is 0 Å². The highest BCUT2D eigenvalue weighted by atomic mass is 15.3. The zero-order valence-electron chi connectivity index (χ0n) is 11.8. The van der Waals surface area contributed by atoms with Crippen molar-refractivity contribution in [3.05, 3.63) is 18.5 Å². The average Bonchev–Trinajstić information content (AvgIpc) is 2.83. The van der Waals surface area contributed by atoms with Crippen LogP contribution in [0, 0.1) is 0 Å². The largest absolute Gasteiger partial charge is 0.381 e. The number of aromatic nitrogens is 3. The second-order valence-corrected chi connectivity index (χ2v) is 5.80. The summed E-state index contributed by atoms with van der Waals surface area (Å²) in [6, 6.07) is 3.14. The first-order valence-corrected chi connectivity index (χ1v) is 7.34. The lowest BCUT2D eigenvalue weighted by molar-refractivity contribution is 0.462. The van der Waals surface area contributed by atoms with E-state index in [1.165, 1.54) is 32.1 Å². The van der Waals surface area contributed by atoms with Crippen LogP contribution in [0.25, 0.3) is 11.0 Å². The second kappa shape index (κ2) is 5.19. The summed E-state index contributed by atoms with van der Waals surface area (Å²) >= 11 is 0. The molecule has 2 heterocycles. The van der Waals surface area contributed by atoms with Gasteiger partial charge in [0.2, 0.25) is 0 Å². The van der Waals surface area contributed by atoms with Crippen molar-refractivity contribution in [1.82, 2.24) is 14.8 Å². The van der Waals surface area contributed by atoms with Gasteiger partial charge in [0.25, 0.3) is 0 Å². The molecule has 1 saturated carbocycles. The predicted octanol–water partition coefficient (Wildman–Crippen LogP) is 3.76. The van der Waals surface area contributed by atoms with Gasteiger partial charge < -0.3 is 5.32 Å². The van der Waals surface area contributed by atoms with Crippen LogP contribution >= 0.6 is 0 Å². The molecule has 0 amide bonds. The molecule has 102 valence electrons. The Hall–Kier alpha value is -1.58. The van der Waals surface area contributed by atoms with Gasteiger partial charge in [-0.1, -0.05) is 19.3 Å². The number of hydrogen-bond acceptors (Lipinski definition) is 3. The fraction of sp³-hybridized carbons (Fsp3) is 0.600. The van der Waals surface area contributed by atoms with Crippen LogP contribution < -0.4 is 5.32 Å². The van der Waals surface area contributed by atoms with Gasteiger partial charge in [0, 0.05) is 17.5 Å². The maximum absolute atomic E-state index is 4.57. The Labute approximate surface area is 114 Å². The molecule has 0 spiro atoms. The van der Waals surface area contributed by atoms with Crippen molar-refractivity contribution in [2.24, 2.45) is 0 Å². The monoisotopic (exact) mass is 258 g/mol. The third-order valence-electron chi connectivity index (χ3n) is 3.90. The first-order valence-electron chi connectivity index (χ1n) is 7.34. The van der Waals surface area contributed by atoms with Crippen LogP contribution in [0.2, 0.25) is 0 Å². The Morgan fingerprint density at radius 1 is 1.21 bits per heavy atom. The van der Waals surface area contributed by atoms with E-state index < -0.39 is 0 Å². The molecule has 0 radical (unpaired) electrons. The topological polar surface area (TPSA) is 42.7 Å². The molecule has 0 aromatic carbocycles. The van der Waals surface area contributed by atoms with Crippen LogP contribution in [0.5, 0.6) is 0 Å². The molecule has 1 aliphatic carbocycles. The molecule has 4 heteroatoms. The van der Waals surface area contributed by atoms with E-state index in [4.69, 9.17) is 0 Å². The molecule has 2 aromatic heterocycles. The summed E-state index contributed by atoms with van der Waals surface area (Å²) in [6.45, 7) is 4.25. The molecule has 0 saturated heterocycles. The van der Waals surface area contributed by atoms with Gasteiger partial charge in [-0.15, -0.1) is 0 Å².